The summed E-state index contributed by atoms with van der Waals surface area (Å²) in [5.74, 6) is -6.50. The van der Waals surface area contributed by atoms with E-state index in [9.17, 15) is 17.6 Å². The molecule has 0 saturated carbocycles. The van der Waals surface area contributed by atoms with E-state index < -0.39 is 29.2 Å². The average Bonchev–Trinajstić information content (AvgIpc) is 2.97. The third kappa shape index (κ3) is 2.75. The van der Waals surface area contributed by atoms with Gasteiger partial charge in [0.05, 0.1) is 0 Å². The van der Waals surface area contributed by atoms with Crippen LogP contribution in [0.25, 0.3) is 11.0 Å². The van der Waals surface area contributed by atoms with Crippen molar-refractivity contribution in [3.05, 3.63) is 59.6 Å². The summed E-state index contributed by atoms with van der Waals surface area (Å²) in [6.45, 7) is 1.51. The number of para-hydroxylation sites is 1. The van der Waals surface area contributed by atoms with E-state index in [0.717, 1.165) is 5.39 Å². The highest BCUT2D eigenvalue weighted by molar-refractivity contribution is 6.00. The van der Waals surface area contributed by atoms with Crippen LogP contribution in [0.2, 0.25) is 0 Å². The minimum absolute atomic E-state index is 0.234. The zero-order valence-corrected chi connectivity index (χ0v) is 11.7. The van der Waals surface area contributed by atoms with Gasteiger partial charge in [0, 0.05) is 5.39 Å². The van der Waals surface area contributed by atoms with Gasteiger partial charge in [0.1, 0.15) is 17.0 Å². The fourth-order valence-electron chi connectivity index (χ4n) is 1.94. The fourth-order valence-corrected chi connectivity index (χ4v) is 1.94. The summed E-state index contributed by atoms with van der Waals surface area (Å²) in [5.41, 5.74) is 1.74. The van der Waals surface area contributed by atoms with Crippen molar-refractivity contribution in [3.8, 4) is 0 Å². The number of aromatic nitrogens is 1. The average molecular weight is 323 g/mol. The van der Waals surface area contributed by atoms with Gasteiger partial charge in [0.2, 0.25) is 11.6 Å². The van der Waals surface area contributed by atoms with Gasteiger partial charge in [-0.05, 0) is 19.1 Å². The molecule has 2 aromatic heterocycles. The lowest BCUT2D eigenvalue weighted by Gasteiger charge is -2.05. The first-order chi connectivity index (χ1) is 11.0. The molecule has 8 heteroatoms. The van der Waals surface area contributed by atoms with Gasteiger partial charge in [-0.15, -0.1) is 0 Å². The van der Waals surface area contributed by atoms with Crippen molar-refractivity contribution in [2.24, 2.45) is 5.10 Å². The first-order valence-corrected chi connectivity index (χ1v) is 6.46. The number of nitrogens with one attached hydrogen (secondary N) is 1. The predicted molar refractivity (Wildman–Crippen MR) is 76.1 cm³/mol. The molecule has 23 heavy (non-hydrogen) atoms. The molecule has 0 aliphatic rings. The monoisotopic (exact) mass is 323 g/mol. The minimum atomic E-state index is -1.76. The minimum Gasteiger partial charge on any atom is -0.455 e. The predicted octanol–water partition coefficient (Wildman–Crippen LogP) is 4.22. The lowest BCUT2D eigenvalue weighted by molar-refractivity contribution is 0.411. The third-order valence-electron chi connectivity index (χ3n) is 3.12. The molecule has 0 unspecified atom stereocenters. The van der Waals surface area contributed by atoms with Crippen LogP contribution >= 0.6 is 0 Å². The molecule has 0 spiro atoms. The van der Waals surface area contributed by atoms with Gasteiger partial charge in [0.15, 0.2) is 5.76 Å². The van der Waals surface area contributed by atoms with E-state index in [1.165, 1.54) is 6.92 Å². The van der Waals surface area contributed by atoms with Crippen molar-refractivity contribution in [3.63, 3.8) is 0 Å². The summed E-state index contributed by atoms with van der Waals surface area (Å²) in [4.78, 5) is 2.46. The number of pyridine rings is 1. The number of hydrogen-bond acceptors (Lipinski definition) is 4. The summed E-state index contributed by atoms with van der Waals surface area (Å²) < 4.78 is 58.4. The number of hydrogen-bond donors (Lipinski definition) is 1. The van der Waals surface area contributed by atoms with E-state index in [1.54, 1.807) is 18.2 Å². The maximum atomic E-state index is 13.5. The van der Waals surface area contributed by atoms with Gasteiger partial charge in [-0.1, -0.05) is 18.2 Å². The Morgan fingerprint density at radius 3 is 2.39 bits per heavy atom. The smallest absolute Gasteiger partial charge is 0.254 e. The molecular formula is C15H9F4N3O. The number of furan rings is 1. The van der Waals surface area contributed by atoms with Crippen LogP contribution in [0, 0.1) is 23.5 Å². The fraction of sp³-hybridized carbons (Fsp3) is 0.0667. The first kappa shape index (κ1) is 15.0. The number of rotatable bonds is 3. The van der Waals surface area contributed by atoms with E-state index in [4.69, 9.17) is 4.42 Å². The molecule has 3 aromatic rings. The number of halogens is 4. The van der Waals surface area contributed by atoms with Gasteiger partial charge in [-0.3, -0.25) is 5.43 Å². The van der Waals surface area contributed by atoms with Crippen molar-refractivity contribution < 1.29 is 22.0 Å². The third-order valence-corrected chi connectivity index (χ3v) is 3.12. The molecule has 0 aliphatic heterocycles. The highest BCUT2D eigenvalue weighted by atomic mass is 19.2. The van der Waals surface area contributed by atoms with Crippen LogP contribution in [0.3, 0.4) is 0 Å². The van der Waals surface area contributed by atoms with Gasteiger partial charge in [-0.25, -0.2) is 0 Å². The van der Waals surface area contributed by atoms with Crippen LogP contribution in [0.15, 0.2) is 39.9 Å². The number of anilines is 1. The number of fused-ring (bicyclic) bond motifs is 1. The topological polar surface area (TPSA) is 50.4 Å². The molecule has 0 aliphatic carbocycles. The van der Waals surface area contributed by atoms with E-state index in [-0.39, 0.29) is 5.71 Å². The lowest BCUT2D eigenvalue weighted by atomic mass is 10.2. The van der Waals surface area contributed by atoms with Crippen molar-refractivity contribution in [2.75, 3.05) is 5.43 Å². The maximum Gasteiger partial charge on any atom is 0.254 e. The summed E-state index contributed by atoms with van der Waals surface area (Å²) in [7, 11) is 0. The zero-order chi connectivity index (χ0) is 16.6. The SMILES string of the molecule is C/C(=N\Nc1c(F)c(F)nc(F)c1F)c1cc2ccccc2o1. The summed E-state index contributed by atoms with van der Waals surface area (Å²) in [6, 6.07) is 8.84. The normalized spacial score (nSPS) is 12.0. The summed E-state index contributed by atoms with van der Waals surface area (Å²) >= 11 is 0. The number of benzene rings is 1. The molecule has 1 aromatic carbocycles. The molecule has 0 fully saturated rings. The quantitative estimate of drug-likeness (QED) is 0.340. The maximum absolute atomic E-state index is 13.5. The van der Waals surface area contributed by atoms with Crippen LogP contribution < -0.4 is 5.43 Å². The summed E-state index contributed by atoms with van der Waals surface area (Å²) in [6.07, 6.45) is 0. The van der Waals surface area contributed by atoms with Crippen LogP contribution in [-0.4, -0.2) is 10.7 Å². The summed E-state index contributed by atoms with van der Waals surface area (Å²) in [5, 5.41) is 4.51. The molecule has 0 atom stereocenters. The van der Waals surface area contributed by atoms with Crippen molar-refractivity contribution in [2.45, 2.75) is 6.92 Å². The standard InChI is InChI=1S/C15H9F4N3O/c1-7(10-6-8-4-2-3-5-9(8)23-10)21-22-13-11(16)14(18)20-15(19)12(13)17/h2-6H,1H3,(H,20,22)/b21-7+. The van der Waals surface area contributed by atoms with E-state index in [2.05, 4.69) is 10.1 Å². The molecule has 4 nitrogen and oxygen atoms in total. The lowest BCUT2D eigenvalue weighted by Crippen LogP contribution is -2.07. The van der Waals surface area contributed by atoms with Gasteiger partial charge in [0.25, 0.3) is 11.9 Å². The van der Waals surface area contributed by atoms with Crippen molar-refractivity contribution >= 4 is 22.4 Å². The molecule has 118 valence electrons. The Balaban J connectivity index is 1.93. The van der Waals surface area contributed by atoms with E-state index in [1.807, 2.05) is 17.6 Å². The van der Waals surface area contributed by atoms with E-state index >= 15 is 0 Å². The van der Waals surface area contributed by atoms with Crippen LogP contribution in [0.5, 0.6) is 0 Å². The molecule has 0 saturated heterocycles. The molecular weight excluding hydrogens is 314 g/mol. The second kappa shape index (κ2) is 5.71. The second-order valence-electron chi connectivity index (χ2n) is 4.65. The molecule has 0 radical (unpaired) electrons. The molecule has 3 rings (SSSR count). The van der Waals surface area contributed by atoms with E-state index in [0.29, 0.717) is 11.3 Å². The largest absolute Gasteiger partial charge is 0.455 e. The van der Waals surface area contributed by atoms with Crippen LogP contribution in [0.1, 0.15) is 12.7 Å². The van der Waals surface area contributed by atoms with Crippen molar-refractivity contribution in [1.82, 2.24) is 4.98 Å². The van der Waals surface area contributed by atoms with Crippen LogP contribution in [-0.2, 0) is 0 Å². The molecule has 0 amide bonds. The Morgan fingerprint density at radius 1 is 1.09 bits per heavy atom. The van der Waals surface area contributed by atoms with Gasteiger partial charge >= 0.3 is 0 Å². The Morgan fingerprint density at radius 2 is 1.74 bits per heavy atom. The zero-order valence-electron chi connectivity index (χ0n) is 11.7. The first-order valence-electron chi connectivity index (χ1n) is 6.46. The highest BCUT2D eigenvalue weighted by Gasteiger charge is 2.20. The number of nitrogens with zero attached hydrogens (tertiary/aromatic N) is 2. The Kier molecular flexibility index (Phi) is 3.73. The molecule has 2 heterocycles. The van der Waals surface area contributed by atoms with Gasteiger partial charge in [-0.2, -0.15) is 27.6 Å². The Labute approximate surface area is 127 Å². The van der Waals surface area contributed by atoms with Gasteiger partial charge < -0.3 is 4.42 Å². The molecule has 1 N–H and O–H groups in total. The van der Waals surface area contributed by atoms with Crippen LogP contribution in [0.4, 0.5) is 23.2 Å². The van der Waals surface area contributed by atoms with Crippen molar-refractivity contribution in [1.29, 1.82) is 0 Å². The second-order valence-corrected chi connectivity index (χ2v) is 4.65. The molecule has 0 bridgehead atoms. The Bertz CT molecular complexity index is 861. The Hall–Kier alpha value is -2.90. The number of hydrazone groups is 1. The highest BCUT2D eigenvalue weighted by Crippen LogP contribution is 2.23.